The highest BCUT2D eigenvalue weighted by Crippen LogP contribution is 2.15. The summed E-state index contributed by atoms with van der Waals surface area (Å²) in [6, 6.07) is 0.0978. The molecule has 0 aromatic carbocycles. The Labute approximate surface area is 79.5 Å². The predicted octanol–water partition coefficient (Wildman–Crippen LogP) is 0.714. The molecule has 2 rings (SSSR count). The van der Waals surface area contributed by atoms with E-state index in [2.05, 4.69) is 11.0 Å². The van der Waals surface area contributed by atoms with Crippen molar-refractivity contribution in [3.8, 4) is 0 Å². The zero-order chi connectivity index (χ0) is 9.10. The first-order chi connectivity index (χ1) is 6.36. The van der Waals surface area contributed by atoms with Crippen molar-refractivity contribution < 1.29 is 4.74 Å². The van der Waals surface area contributed by atoms with Gasteiger partial charge in [0.15, 0.2) is 0 Å². The van der Waals surface area contributed by atoms with Crippen LogP contribution in [-0.4, -0.2) is 37.2 Å². The fourth-order valence-electron chi connectivity index (χ4n) is 1.77. The SMILES string of the molecule is NC(CN1CCC1)C1=CCCCO1. The summed E-state index contributed by atoms with van der Waals surface area (Å²) in [6.45, 7) is 4.23. The van der Waals surface area contributed by atoms with Crippen LogP contribution >= 0.6 is 0 Å². The van der Waals surface area contributed by atoms with Gasteiger partial charge in [-0.25, -0.2) is 0 Å². The number of likely N-dealkylation sites (tertiary alicyclic amines) is 1. The van der Waals surface area contributed by atoms with E-state index in [1.165, 1.54) is 19.5 Å². The van der Waals surface area contributed by atoms with E-state index in [0.717, 1.165) is 31.8 Å². The smallest absolute Gasteiger partial charge is 0.110 e. The average Bonchev–Trinajstić information content (AvgIpc) is 2.12. The molecular formula is C10H18N2O. The predicted molar refractivity (Wildman–Crippen MR) is 52.3 cm³/mol. The Kier molecular flexibility index (Phi) is 2.86. The quantitative estimate of drug-likeness (QED) is 0.698. The normalized spacial score (nSPS) is 25.8. The van der Waals surface area contributed by atoms with Crippen LogP contribution in [0.1, 0.15) is 19.3 Å². The van der Waals surface area contributed by atoms with Crippen LogP contribution in [0.25, 0.3) is 0 Å². The van der Waals surface area contributed by atoms with E-state index >= 15 is 0 Å². The minimum absolute atomic E-state index is 0.0978. The highest BCUT2D eigenvalue weighted by molar-refractivity contribution is 5.05. The van der Waals surface area contributed by atoms with Crippen molar-refractivity contribution in [2.75, 3.05) is 26.2 Å². The third kappa shape index (κ3) is 2.23. The molecule has 1 fully saturated rings. The van der Waals surface area contributed by atoms with Gasteiger partial charge in [0, 0.05) is 6.54 Å². The summed E-state index contributed by atoms with van der Waals surface area (Å²) >= 11 is 0. The van der Waals surface area contributed by atoms with Gasteiger partial charge in [0.2, 0.25) is 0 Å². The molecule has 0 radical (unpaired) electrons. The molecular weight excluding hydrogens is 164 g/mol. The Morgan fingerprint density at radius 1 is 1.46 bits per heavy atom. The Bertz CT molecular complexity index is 199. The summed E-state index contributed by atoms with van der Waals surface area (Å²) in [6.07, 6.45) is 5.74. The number of hydrogen-bond acceptors (Lipinski definition) is 3. The molecule has 1 atom stereocenters. The first-order valence-electron chi connectivity index (χ1n) is 5.17. The molecule has 13 heavy (non-hydrogen) atoms. The number of rotatable bonds is 3. The largest absolute Gasteiger partial charge is 0.497 e. The molecule has 0 spiro atoms. The molecule has 2 heterocycles. The lowest BCUT2D eigenvalue weighted by atomic mass is 10.1. The van der Waals surface area contributed by atoms with Crippen molar-refractivity contribution in [3.63, 3.8) is 0 Å². The highest BCUT2D eigenvalue weighted by Gasteiger charge is 2.20. The lowest BCUT2D eigenvalue weighted by Gasteiger charge is -2.33. The molecule has 0 aromatic heterocycles. The standard InChI is InChI=1S/C10H18N2O/c11-9(8-12-5-3-6-12)10-4-1-2-7-13-10/h4,9H,1-3,5-8,11H2. The first kappa shape index (κ1) is 9.03. The average molecular weight is 182 g/mol. The molecule has 2 N–H and O–H groups in total. The molecule has 0 aromatic rings. The number of nitrogens with two attached hydrogens (primary N) is 1. The fraction of sp³-hybridized carbons (Fsp3) is 0.800. The van der Waals surface area contributed by atoms with Crippen LogP contribution in [0.5, 0.6) is 0 Å². The van der Waals surface area contributed by atoms with Gasteiger partial charge in [0.25, 0.3) is 0 Å². The van der Waals surface area contributed by atoms with E-state index in [-0.39, 0.29) is 6.04 Å². The topological polar surface area (TPSA) is 38.5 Å². The summed E-state index contributed by atoms with van der Waals surface area (Å²) in [7, 11) is 0. The Balaban J connectivity index is 1.80. The molecule has 0 amide bonds. The van der Waals surface area contributed by atoms with Gasteiger partial charge in [0.05, 0.1) is 12.6 Å². The van der Waals surface area contributed by atoms with Crippen LogP contribution in [-0.2, 0) is 4.74 Å². The van der Waals surface area contributed by atoms with E-state index in [4.69, 9.17) is 10.5 Å². The summed E-state index contributed by atoms with van der Waals surface area (Å²) in [5, 5.41) is 0. The van der Waals surface area contributed by atoms with Crippen molar-refractivity contribution in [3.05, 3.63) is 11.8 Å². The monoisotopic (exact) mass is 182 g/mol. The molecule has 1 saturated heterocycles. The number of ether oxygens (including phenoxy) is 1. The van der Waals surface area contributed by atoms with Gasteiger partial charge in [-0.05, 0) is 38.4 Å². The van der Waals surface area contributed by atoms with E-state index in [9.17, 15) is 0 Å². The second-order valence-corrected chi connectivity index (χ2v) is 3.86. The summed E-state index contributed by atoms with van der Waals surface area (Å²) in [5.41, 5.74) is 6.02. The van der Waals surface area contributed by atoms with Crippen LogP contribution in [0.2, 0.25) is 0 Å². The van der Waals surface area contributed by atoms with Gasteiger partial charge >= 0.3 is 0 Å². The minimum Gasteiger partial charge on any atom is -0.497 e. The summed E-state index contributed by atoms with van der Waals surface area (Å²) in [4.78, 5) is 2.38. The molecule has 0 aliphatic carbocycles. The van der Waals surface area contributed by atoms with Gasteiger partial charge in [-0.3, -0.25) is 0 Å². The molecule has 74 valence electrons. The molecule has 3 nitrogen and oxygen atoms in total. The van der Waals surface area contributed by atoms with Crippen molar-refractivity contribution >= 4 is 0 Å². The second kappa shape index (κ2) is 4.11. The van der Waals surface area contributed by atoms with Crippen LogP contribution in [0.4, 0.5) is 0 Å². The minimum atomic E-state index is 0.0978. The fourth-order valence-corrected chi connectivity index (χ4v) is 1.77. The first-order valence-corrected chi connectivity index (χ1v) is 5.17. The lowest BCUT2D eigenvalue weighted by Crippen LogP contribution is -2.46. The van der Waals surface area contributed by atoms with Crippen LogP contribution in [0.15, 0.2) is 11.8 Å². The van der Waals surface area contributed by atoms with Gasteiger partial charge < -0.3 is 15.4 Å². The maximum atomic E-state index is 6.02. The second-order valence-electron chi connectivity index (χ2n) is 3.86. The van der Waals surface area contributed by atoms with Crippen molar-refractivity contribution in [2.24, 2.45) is 5.73 Å². The molecule has 2 aliphatic heterocycles. The number of allylic oxidation sites excluding steroid dienone is 1. The van der Waals surface area contributed by atoms with E-state index < -0.39 is 0 Å². The molecule has 0 saturated carbocycles. The Hall–Kier alpha value is -0.540. The van der Waals surface area contributed by atoms with E-state index in [1.807, 2.05) is 0 Å². The van der Waals surface area contributed by atoms with Gasteiger partial charge in [-0.15, -0.1) is 0 Å². The third-order valence-electron chi connectivity index (χ3n) is 2.73. The van der Waals surface area contributed by atoms with Crippen LogP contribution in [0.3, 0.4) is 0 Å². The van der Waals surface area contributed by atoms with Crippen LogP contribution in [0, 0.1) is 0 Å². The maximum absolute atomic E-state index is 6.02. The zero-order valence-corrected chi connectivity index (χ0v) is 8.04. The van der Waals surface area contributed by atoms with Gasteiger partial charge in [-0.1, -0.05) is 0 Å². The molecule has 1 unspecified atom stereocenters. The molecule has 2 aliphatic rings. The lowest BCUT2D eigenvalue weighted by molar-refractivity contribution is 0.134. The molecule has 3 heteroatoms. The van der Waals surface area contributed by atoms with Crippen molar-refractivity contribution in [1.29, 1.82) is 0 Å². The molecule has 0 bridgehead atoms. The van der Waals surface area contributed by atoms with Gasteiger partial charge in [-0.2, -0.15) is 0 Å². The highest BCUT2D eigenvalue weighted by atomic mass is 16.5. The third-order valence-corrected chi connectivity index (χ3v) is 2.73. The van der Waals surface area contributed by atoms with Crippen molar-refractivity contribution in [2.45, 2.75) is 25.3 Å². The summed E-state index contributed by atoms with van der Waals surface area (Å²) in [5.74, 6) is 1.01. The number of hydrogen-bond donors (Lipinski definition) is 1. The van der Waals surface area contributed by atoms with Crippen molar-refractivity contribution in [1.82, 2.24) is 4.90 Å². The van der Waals surface area contributed by atoms with E-state index in [1.54, 1.807) is 0 Å². The van der Waals surface area contributed by atoms with Gasteiger partial charge in [0.1, 0.15) is 5.76 Å². The Morgan fingerprint density at radius 2 is 2.31 bits per heavy atom. The van der Waals surface area contributed by atoms with Crippen LogP contribution < -0.4 is 5.73 Å². The Morgan fingerprint density at radius 3 is 2.85 bits per heavy atom. The summed E-state index contributed by atoms with van der Waals surface area (Å²) < 4.78 is 5.52. The number of nitrogens with zero attached hydrogens (tertiary/aromatic N) is 1. The maximum Gasteiger partial charge on any atom is 0.110 e. The van der Waals surface area contributed by atoms with E-state index in [0.29, 0.717) is 0 Å². The zero-order valence-electron chi connectivity index (χ0n) is 8.04.